The van der Waals surface area contributed by atoms with Gasteiger partial charge in [-0.05, 0) is 29.8 Å². The highest BCUT2D eigenvalue weighted by Gasteiger charge is 2.12. The Bertz CT molecular complexity index is 819. The number of carboxylic acids is 1. The SMILES string of the molecule is N=CCn1c(-c2ccccc2)cc2cc(C(=O)O)ccc21. The average molecular weight is 278 g/mol. The van der Waals surface area contributed by atoms with E-state index in [1.54, 1.807) is 18.2 Å². The summed E-state index contributed by atoms with van der Waals surface area (Å²) in [6.07, 6.45) is 1.34. The Labute approximate surface area is 121 Å². The minimum absolute atomic E-state index is 0.272. The zero-order chi connectivity index (χ0) is 14.8. The van der Waals surface area contributed by atoms with Crippen molar-refractivity contribution in [1.29, 1.82) is 5.41 Å². The first-order valence-corrected chi connectivity index (χ1v) is 6.61. The van der Waals surface area contributed by atoms with E-state index in [0.717, 1.165) is 22.2 Å². The maximum absolute atomic E-state index is 11.1. The van der Waals surface area contributed by atoms with Crippen molar-refractivity contribution >= 4 is 23.1 Å². The standard InChI is InChI=1S/C17H14N2O2/c18-8-9-19-15-7-6-13(17(20)21)10-14(15)11-16(19)12-4-2-1-3-5-12/h1-8,10-11,18H,9H2,(H,20,21). The monoisotopic (exact) mass is 278 g/mol. The summed E-state index contributed by atoms with van der Waals surface area (Å²) in [5.74, 6) is -0.932. The normalized spacial score (nSPS) is 10.7. The van der Waals surface area contributed by atoms with Gasteiger partial charge in [-0.25, -0.2) is 4.79 Å². The van der Waals surface area contributed by atoms with Crippen molar-refractivity contribution in [3.63, 3.8) is 0 Å². The number of nitrogens with zero attached hydrogens (tertiary/aromatic N) is 1. The molecule has 0 saturated carbocycles. The van der Waals surface area contributed by atoms with Gasteiger partial charge in [0.05, 0.1) is 12.1 Å². The lowest BCUT2D eigenvalue weighted by atomic mass is 10.1. The Hall–Kier alpha value is -2.88. The van der Waals surface area contributed by atoms with Crippen LogP contribution in [0.4, 0.5) is 0 Å². The smallest absolute Gasteiger partial charge is 0.335 e. The van der Waals surface area contributed by atoms with E-state index in [1.807, 2.05) is 41.0 Å². The maximum Gasteiger partial charge on any atom is 0.335 e. The topological polar surface area (TPSA) is 66.1 Å². The van der Waals surface area contributed by atoms with Gasteiger partial charge in [-0.1, -0.05) is 30.3 Å². The number of aromatic nitrogens is 1. The number of aromatic carboxylic acids is 1. The molecule has 2 aromatic carbocycles. The number of carbonyl (C=O) groups is 1. The van der Waals surface area contributed by atoms with Gasteiger partial charge in [-0.3, -0.25) is 0 Å². The fraction of sp³-hybridized carbons (Fsp3) is 0.0588. The summed E-state index contributed by atoms with van der Waals surface area (Å²) in [6, 6.07) is 16.9. The summed E-state index contributed by atoms with van der Waals surface area (Å²) >= 11 is 0. The Morgan fingerprint density at radius 1 is 1.14 bits per heavy atom. The lowest BCUT2D eigenvalue weighted by Crippen LogP contribution is -2.01. The average Bonchev–Trinajstić information content (AvgIpc) is 2.86. The van der Waals surface area contributed by atoms with Gasteiger partial charge in [0, 0.05) is 22.8 Å². The van der Waals surface area contributed by atoms with Crippen molar-refractivity contribution in [2.75, 3.05) is 0 Å². The predicted octanol–water partition coefficient (Wildman–Crippen LogP) is 3.66. The predicted molar refractivity (Wildman–Crippen MR) is 83.1 cm³/mol. The lowest BCUT2D eigenvalue weighted by molar-refractivity contribution is 0.0697. The number of nitrogens with one attached hydrogen (secondary N) is 1. The van der Waals surface area contributed by atoms with Crippen LogP contribution in [-0.4, -0.2) is 21.9 Å². The van der Waals surface area contributed by atoms with Crippen molar-refractivity contribution in [1.82, 2.24) is 4.57 Å². The van der Waals surface area contributed by atoms with E-state index in [0.29, 0.717) is 6.54 Å². The zero-order valence-corrected chi connectivity index (χ0v) is 11.3. The van der Waals surface area contributed by atoms with E-state index in [9.17, 15) is 4.79 Å². The molecular formula is C17H14N2O2. The molecule has 0 saturated heterocycles. The van der Waals surface area contributed by atoms with Crippen LogP contribution in [0.1, 0.15) is 10.4 Å². The minimum Gasteiger partial charge on any atom is -0.478 e. The fourth-order valence-electron chi connectivity index (χ4n) is 2.54. The van der Waals surface area contributed by atoms with Gasteiger partial charge in [0.15, 0.2) is 0 Å². The molecule has 0 amide bonds. The summed E-state index contributed by atoms with van der Waals surface area (Å²) in [5, 5.41) is 17.4. The van der Waals surface area contributed by atoms with Gasteiger partial charge in [0.25, 0.3) is 0 Å². The van der Waals surface area contributed by atoms with Gasteiger partial charge < -0.3 is 15.1 Å². The molecule has 0 spiro atoms. The molecule has 0 aliphatic heterocycles. The maximum atomic E-state index is 11.1. The number of hydrogen-bond acceptors (Lipinski definition) is 2. The lowest BCUT2D eigenvalue weighted by Gasteiger charge is -2.08. The molecule has 3 aromatic rings. The molecule has 0 aliphatic carbocycles. The second-order valence-corrected chi connectivity index (χ2v) is 4.79. The minimum atomic E-state index is -0.932. The Morgan fingerprint density at radius 3 is 2.57 bits per heavy atom. The van der Waals surface area contributed by atoms with Gasteiger partial charge in [-0.15, -0.1) is 0 Å². The van der Waals surface area contributed by atoms with E-state index in [4.69, 9.17) is 10.5 Å². The van der Waals surface area contributed by atoms with Crippen LogP contribution in [0.15, 0.2) is 54.6 Å². The Balaban J connectivity index is 2.26. The molecule has 0 radical (unpaired) electrons. The van der Waals surface area contributed by atoms with Crippen molar-refractivity contribution in [3.05, 3.63) is 60.2 Å². The van der Waals surface area contributed by atoms with Crippen LogP contribution >= 0.6 is 0 Å². The highest BCUT2D eigenvalue weighted by Crippen LogP contribution is 2.28. The zero-order valence-electron chi connectivity index (χ0n) is 11.3. The number of rotatable bonds is 4. The van der Waals surface area contributed by atoms with E-state index in [1.165, 1.54) is 6.21 Å². The molecule has 1 heterocycles. The fourth-order valence-corrected chi connectivity index (χ4v) is 2.54. The molecule has 104 valence electrons. The quantitative estimate of drug-likeness (QED) is 0.715. The van der Waals surface area contributed by atoms with Crippen LogP contribution in [0, 0.1) is 5.41 Å². The third-order valence-corrected chi connectivity index (χ3v) is 3.49. The summed E-state index contributed by atoms with van der Waals surface area (Å²) in [6.45, 7) is 0.458. The molecule has 21 heavy (non-hydrogen) atoms. The molecule has 0 bridgehead atoms. The number of fused-ring (bicyclic) bond motifs is 1. The van der Waals surface area contributed by atoms with Gasteiger partial charge in [0.1, 0.15) is 0 Å². The van der Waals surface area contributed by atoms with Gasteiger partial charge >= 0.3 is 5.97 Å². The molecule has 0 unspecified atom stereocenters. The largest absolute Gasteiger partial charge is 0.478 e. The van der Waals surface area contributed by atoms with E-state index in [2.05, 4.69) is 0 Å². The van der Waals surface area contributed by atoms with Crippen LogP contribution in [0.3, 0.4) is 0 Å². The van der Waals surface area contributed by atoms with E-state index < -0.39 is 5.97 Å². The first-order valence-electron chi connectivity index (χ1n) is 6.61. The number of carboxylic acid groups (broad SMARTS) is 1. The Kier molecular flexibility index (Phi) is 3.28. The summed E-state index contributed by atoms with van der Waals surface area (Å²) in [4.78, 5) is 11.1. The molecule has 0 atom stereocenters. The van der Waals surface area contributed by atoms with Crippen molar-refractivity contribution in [2.45, 2.75) is 6.54 Å². The highest BCUT2D eigenvalue weighted by atomic mass is 16.4. The van der Waals surface area contributed by atoms with Crippen molar-refractivity contribution in [2.24, 2.45) is 0 Å². The van der Waals surface area contributed by atoms with Crippen LogP contribution in [0.2, 0.25) is 0 Å². The van der Waals surface area contributed by atoms with Gasteiger partial charge in [-0.2, -0.15) is 0 Å². The molecule has 1 aromatic heterocycles. The van der Waals surface area contributed by atoms with Crippen LogP contribution in [0.5, 0.6) is 0 Å². The first kappa shape index (κ1) is 13.1. The van der Waals surface area contributed by atoms with Crippen LogP contribution in [-0.2, 0) is 6.54 Å². The number of benzene rings is 2. The van der Waals surface area contributed by atoms with E-state index >= 15 is 0 Å². The van der Waals surface area contributed by atoms with Gasteiger partial charge in [0.2, 0.25) is 0 Å². The summed E-state index contributed by atoms with van der Waals surface area (Å²) < 4.78 is 2.02. The molecule has 4 heteroatoms. The Morgan fingerprint density at radius 2 is 1.90 bits per heavy atom. The molecule has 4 nitrogen and oxygen atoms in total. The molecule has 3 rings (SSSR count). The van der Waals surface area contributed by atoms with Crippen molar-refractivity contribution < 1.29 is 9.90 Å². The molecule has 2 N–H and O–H groups in total. The van der Waals surface area contributed by atoms with Crippen LogP contribution in [0.25, 0.3) is 22.2 Å². The number of hydrogen-bond donors (Lipinski definition) is 2. The van der Waals surface area contributed by atoms with Crippen LogP contribution < -0.4 is 0 Å². The summed E-state index contributed by atoms with van der Waals surface area (Å²) in [7, 11) is 0. The molecular weight excluding hydrogens is 264 g/mol. The molecule has 0 fully saturated rings. The summed E-state index contributed by atoms with van der Waals surface area (Å²) in [5.41, 5.74) is 3.24. The molecule has 0 aliphatic rings. The van der Waals surface area contributed by atoms with E-state index in [-0.39, 0.29) is 5.56 Å². The highest BCUT2D eigenvalue weighted by molar-refractivity contribution is 5.96. The van der Waals surface area contributed by atoms with Crippen molar-refractivity contribution in [3.8, 4) is 11.3 Å². The first-order chi connectivity index (χ1) is 10.2. The third-order valence-electron chi connectivity index (χ3n) is 3.49. The second-order valence-electron chi connectivity index (χ2n) is 4.79. The second kappa shape index (κ2) is 5.25. The third kappa shape index (κ3) is 2.31.